The van der Waals surface area contributed by atoms with Crippen molar-refractivity contribution in [2.45, 2.75) is 11.1 Å². The Bertz CT molecular complexity index is 1490. The summed E-state index contributed by atoms with van der Waals surface area (Å²) in [5, 5.41) is 0.468. The van der Waals surface area contributed by atoms with Gasteiger partial charge in [-0.1, -0.05) is 23.7 Å². The lowest BCUT2D eigenvalue weighted by molar-refractivity contribution is -0.136. The first-order valence-corrected chi connectivity index (χ1v) is 11.6. The number of nitrogens with zero attached hydrogens (tertiary/aromatic N) is 1. The summed E-state index contributed by atoms with van der Waals surface area (Å²) >= 11 is 6.33. The van der Waals surface area contributed by atoms with E-state index < -0.39 is 27.4 Å². The van der Waals surface area contributed by atoms with Crippen LogP contribution in [0.3, 0.4) is 0 Å². The zero-order chi connectivity index (χ0) is 24.0. The van der Waals surface area contributed by atoms with Crippen LogP contribution < -0.4 is 4.74 Å². The fraction of sp³-hybridized carbons (Fsp3) is 0.0870. The van der Waals surface area contributed by atoms with Gasteiger partial charge in [-0.05, 0) is 54.1 Å². The summed E-state index contributed by atoms with van der Waals surface area (Å²) in [4.78, 5) is 3.70. The molecule has 3 aromatic carbocycles. The fourth-order valence-electron chi connectivity index (χ4n) is 3.34. The molecule has 0 bridgehead atoms. The Morgan fingerprint density at radius 3 is 2.39 bits per heavy atom. The highest BCUT2D eigenvalue weighted by Gasteiger charge is 2.33. The molecule has 0 atom stereocenters. The van der Waals surface area contributed by atoms with E-state index in [1.807, 2.05) is 0 Å². The van der Waals surface area contributed by atoms with Gasteiger partial charge in [-0.2, -0.15) is 13.2 Å². The number of rotatable bonds is 4. The second kappa shape index (κ2) is 8.31. The van der Waals surface area contributed by atoms with E-state index in [0.717, 1.165) is 18.4 Å². The molecule has 0 N–H and O–H groups in total. The van der Waals surface area contributed by atoms with E-state index in [1.165, 1.54) is 54.7 Å². The number of pyridine rings is 1. The van der Waals surface area contributed by atoms with Gasteiger partial charge in [0.15, 0.2) is 21.4 Å². The molecule has 0 unspecified atom stereocenters. The monoisotopic (exact) mass is 495 g/mol. The molecule has 0 saturated carbocycles. The predicted octanol–water partition coefficient (Wildman–Crippen LogP) is 6.91. The quantitative estimate of drug-likeness (QED) is 0.289. The summed E-state index contributed by atoms with van der Waals surface area (Å²) < 4.78 is 83.4. The van der Waals surface area contributed by atoms with Crippen molar-refractivity contribution in [3.05, 3.63) is 83.3 Å². The highest BCUT2D eigenvalue weighted by Crippen LogP contribution is 2.40. The van der Waals surface area contributed by atoms with E-state index >= 15 is 0 Å². The van der Waals surface area contributed by atoms with Crippen LogP contribution >= 0.6 is 11.6 Å². The van der Waals surface area contributed by atoms with E-state index in [-0.39, 0.29) is 32.3 Å². The highest BCUT2D eigenvalue weighted by atomic mass is 35.5. The highest BCUT2D eigenvalue weighted by molar-refractivity contribution is 7.90. The minimum absolute atomic E-state index is 0.150. The molecule has 0 aliphatic carbocycles. The number of hydrogen-bond acceptors (Lipinski definition) is 4. The first-order chi connectivity index (χ1) is 15.4. The number of ether oxygens (including phenoxy) is 1. The summed E-state index contributed by atoms with van der Waals surface area (Å²) in [6.45, 7) is 0. The third-order valence-electron chi connectivity index (χ3n) is 4.86. The number of sulfone groups is 1. The second-order valence-corrected chi connectivity index (χ2v) is 9.59. The van der Waals surface area contributed by atoms with Gasteiger partial charge in [0.2, 0.25) is 0 Å². The third-order valence-corrected chi connectivity index (χ3v) is 6.30. The molecule has 170 valence electrons. The van der Waals surface area contributed by atoms with Crippen LogP contribution in [-0.2, 0) is 16.0 Å². The minimum Gasteiger partial charge on any atom is -0.454 e. The molecule has 1 aromatic heterocycles. The maximum Gasteiger partial charge on any atom is 0.418 e. The van der Waals surface area contributed by atoms with Gasteiger partial charge in [0.1, 0.15) is 5.75 Å². The van der Waals surface area contributed by atoms with E-state index in [4.69, 9.17) is 16.3 Å². The molecule has 0 aliphatic heterocycles. The van der Waals surface area contributed by atoms with Crippen LogP contribution in [0.15, 0.2) is 71.8 Å². The summed E-state index contributed by atoms with van der Waals surface area (Å²) in [7, 11) is -3.60. The summed E-state index contributed by atoms with van der Waals surface area (Å²) in [6, 6.07) is 12.9. The molecule has 0 amide bonds. The Balaban J connectivity index is 1.79. The molecule has 4 rings (SSSR count). The number of halogens is 5. The molecule has 1 heterocycles. The molecule has 0 fully saturated rings. The zero-order valence-corrected chi connectivity index (χ0v) is 18.4. The molecule has 0 saturated heterocycles. The lowest BCUT2D eigenvalue weighted by atomic mass is 9.99. The van der Waals surface area contributed by atoms with Crippen molar-refractivity contribution in [1.82, 2.24) is 4.98 Å². The average molecular weight is 496 g/mol. The van der Waals surface area contributed by atoms with Crippen LogP contribution in [-0.4, -0.2) is 19.7 Å². The SMILES string of the molecule is CS(=O)(=O)c1ccc(Oc2ccc(Cl)c(-c3ccnc4c(C(F)(F)F)cccc34)c2)c(F)c1. The van der Waals surface area contributed by atoms with Gasteiger partial charge in [-0.15, -0.1) is 0 Å². The van der Waals surface area contributed by atoms with Crippen molar-refractivity contribution in [2.24, 2.45) is 0 Å². The number of alkyl halides is 3. The standard InChI is InChI=1S/C23H14ClF4NO3S/c1-33(30,31)14-6-8-21(20(25)12-14)32-13-5-7-19(24)17(11-13)15-9-10-29-22-16(15)3-2-4-18(22)23(26,27)28/h2-12H,1H3. The minimum atomic E-state index is -4.59. The van der Waals surface area contributed by atoms with Crippen LogP contribution in [0.4, 0.5) is 17.6 Å². The number of aromatic nitrogens is 1. The topological polar surface area (TPSA) is 56.3 Å². The van der Waals surface area contributed by atoms with Crippen molar-refractivity contribution >= 4 is 32.3 Å². The van der Waals surface area contributed by atoms with Crippen LogP contribution in [0.1, 0.15) is 5.56 Å². The molecular formula is C23H14ClF4NO3S. The summed E-state index contributed by atoms with van der Waals surface area (Å²) in [5.41, 5.74) is -0.366. The fourth-order valence-corrected chi connectivity index (χ4v) is 4.19. The van der Waals surface area contributed by atoms with Gasteiger partial charge in [0.25, 0.3) is 0 Å². The predicted molar refractivity (Wildman–Crippen MR) is 117 cm³/mol. The maximum atomic E-state index is 14.4. The normalized spacial score (nSPS) is 12.2. The molecule has 33 heavy (non-hydrogen) atoms. The molecular weight excluding hydrogens is 482 g/mol. The lowest BCUT2D eigenvalue weighted by Gasteiger charge is -2.14. The third kappa shape index (κ3) is 4.65. The summed E-state index contributed by atoms with van der Waals surface area (Å²) in [6.07, 6.45) is -2.38. The average Bonchev–Trinajstić information content (AvgIpc) is 2.74. The van der Waals surface area contributed by atoms with Gasteiger partial charge in [0, 0.05) is 28.4 Å². The van der Waals surface area contributed by atoms with Gasteiger partial charge < -0.3 is 4.74 Å². The molecule has 10 heteroatoms. The van der Waals surface area contributed by atoms with E-state index in [2.05, 4.69) is 4.98 Å². The Labute approximate surface area is 191 Å². The second-order valence-electron chi connectivity index (χ2n) is 7.17. The van der Waals surface area contributed by atoms with Gasteiger partial charge >= 0.3 is 6.18 Å². The van der Waals surface area contributed by atoms with Crippen LogP contribution in [0.2, 0.25) is 5.02 Å². The van der Waals surface area contributed by atoms with E-state index in [0.29, 0.717) is 11.1 Å². The number of benzene rings is 3. The molecule has 0 spiro atoms. The Morgan fingerprint density at radius 2 is 1.73 bits per heavy atom. The van der Waals surface area contributed by atoms with Crippen LogP contribution in [0, 0.1) is 5.82 Å². The first-order valence-electron chi connectivity index (χ1n) is 9.37. The van der Waals surface area contributed by atoms with Gasteiger partial charge in [0.05, 0.1) is 16.0 Å². The van der Waals surface area contributed by atoms with Crippen molar-refractivity contribution in [1.29, 1.82) is 0 Å². The molecule has 0 aliphatic rings. The van der Waals surface area contributed by atoms with Crippen molar-refractivity contribution in [3.8, 4) is 22.6 Å². The Morgan fingerprint density at radius 1 is 0.970 bits per heavy atom. The van der Waals surface area contributed by atoms with Gasteiger partial charge in [-0.3, -0.25) is 4.98 Å². The zero-order valence-electron chi connectivity index (χ0n) is 16.8. The van der Waals surface area contributed by atoms with Crippen LogP contribution in [0.25, 0.3) is 22.0 Å². The number of fused-ring (bicyclic) bond motifs is 1. The Hall–Kier alpha value is -3.17. The number of hydrogen-bond donors (Lipinski definition) is 0. The van der Waals surface area contributed by atoms with Crippen molar-refractivity contribution < 1.29 is 30.7 Å². The largest absolute Gasteiger partial charge is 0.454 e. The maximum absolute atomic E-state index is 14.4. The number of para-hydroxylation sites is 1. The smallest absolute Gasteiger partial charge is 0.418 e. The van der Waals surface area contributed by atoms with E-state index in [1.54, 1.807) is 0 Å². The lowest BCUT2D eigenvalue weighted by Crippen LogP contribution is -2.06. The molecule has 0 radical (unpaired) electrons. The van der Waals surface area contributed by atoms with E-state index in [9.17, 15) is 26.0 Å². The van der Waals surface area contributed by atoms with Crippen molar-refractivity contribution in [2.75, 3.05) is 6.26 Å². The first kappa shape index (κ1) is 23.0. The molecule has 4 nitrogen and oxygen atoms in total. The Kier molecular flexibility index (Phi) is 5.79. The van der Waals surface area contributed by atoms with Crippen LogP contribution in [0.5, 0.6) is 11.5 Å². The summed E-state index contributed by atoms with van der Waals surface area (Å²) in [5.74, 6) is -0.967. The van der Waals surface area contributed by atoms with Gasteiger partial charge in [-0.25, -0.2) is 12.8 Å². The molecule has 4 aromatic rings. The van der Waals surface area contributed by atoms with Crippen molar-refractivity contribution in [3.63, 3.8) is 0 Å².